The molecule has 0 saturated carbocycles. The van der Waals surface area contributed by atoms with Crippen molar-refractivity contribution in [3.8, 4) is 0 Å². The van der Waals surface area contributed by atoms with Gasteiger partial charge in [-0.05, 0) is 24.7 Å². The van der Waals surface area contributed by atoms with Gasteiger partial charge in [-0.2, -0.15) is 0 Å². The van der Waals surface area contributed by atoms with Crippen molar-refractivity contribution in [2.24, 2.45) is 0 Å². The summed E-state index contributed by atoms with van der Waals surface area (Å²) < 4.78 is 0. The van der Waals surface area contributed by atoms with Crippen LogP contribution in [0.1, 0.15) is 11.6 Å². The zero-order valence-electron chi connectivity index (χ0n) is 14.2. The lowest BCUT2D eigenvalue weighted by Gasteiger charge is -2.40. The maximum absolute atomic E-state index is 12.9. The van der Waals surface area contributed by atoms with Crippen LogP contribution in [0.25, 0.3) is 0 Å². The van der Waals surface area contributed by atoms with Crippen LogP contribution in [0.3, 0.4) is 0 Å². The van der Waals surface area contributed by atoms with Gasteiger partial charge in [-0.1, -0.05) is 48.5 Å². The van der Waals surface area contributed by atoms with Crippen molar-refractivity contribution < 1.29 is 9.59 Å². The van der Waals surface area contributed by atoms with Gasteiger partial charge in [0.15, 0.2) is 0 Å². The monoisotopic (exact) mass is 333 g/mol. The second kappa shape index (κ2) is 5.86. The number of rotatable bonds is 2. The molecule has 0 fully saturated rings. The number of likely N-dealkylation sites (N-methyl/N-ethyl adjacent to an activating group) is 2. The lowest BCUT2D eigenvalue weighted by molar-refractivity contribution is -0.136. The summed E-state index contributed by atoms with van der Waals surface area (Å²) in [4.78, 5) is 30.9. The Morgan fingerprint density at radius 3 is 2.08 bits per heavy atom. The minimum absolute atomic E-state index is 0.221. The Bertz CT molecular complexity index is 861. The van der Waals surface area contributed by atoms with Crippen LogP contribution in [-0.2, 0) is 9.59 Å². The van der Waals surface area contributed by atoms with Gasteiger partial charge in [0.25, 0.3) is 11.8 Å². The van der Waals surface area contributed by atoms with E-state index in [1.165, 1.54) is 4.90 Å². The highest BCUT2D eigenvalue weighted by molar-refractivity contribution is 6.21. The number of nitrogens with zero attached hydrogens (tertiary/aromatic N) is 3. The summed E-state index contributed by atoms with van der Waals surface area (Å²) in [5, 5.41) is 0. The van der Waals surface area contributed by atoms with Crippen molar-refractivity contribution in [1.82, 2.24) is 9.80 Å². The topological polar surface area (TPSA) is 43.9 Å². The molecule has 0 saturated heterocycles. The molecule has 5 heteroatoms. The first-order valence-electron chi connectivity index (χ1n) is 8.24. The fraction of sp³-hybridized carbons (Fsp3) is 0.200. The Kier molecular flexibility index (Phi) is 3.66. The first-order valence-corrected chi connectivity index (χ1v) is 8.24. The number of benzene rings is 2. The van der Waals surface area contributed by atoms with Gasteiger partial charge in [0.2, 0.25) is 0 Å². The SMILES string of the molecule is CN1C(=O)C2=C(C1=O)N(c1ccccc1)CN(C)C2c1ccccc1. The van der Waals surface area contributed by atoms with Gasteiger partial charge in [-0.15, -0.1) is 0 Å². The average molecular weight is 333 g/mol. The van der Waals surface area contributed by atoms with Crippen LogP contribution in [0, 0.1) is 0 Å². The zero-order valence-corrected chi connectivity index (χ0v) is 14.2. The molecule has 0 aromatic heterocycles. The average Bonchev–Trinajstić information content (AvgIpc) is 2.87. The largest absolute Gasteiger partial charge is 0.323 e. The van der Waals surface area contributed by atoms with E-state index in [2.05, 4.69) is 4.90 Å². The molecule has 2 amide bonds. The molecule has 0 spiro atoms. The summed E-state index contributed by atoms with van der Waals surface area (Å²) in [6.45, 7) is 0.537. The maximum atomic E-state index is 12.9. The van der Waals surface area contributed by atoms with E-state index < -0.39 is 0 Å². The van der Waals surface area contributed by atoms with Crippen LogP contribution in [0.15, 0.2) is 71.9 Å². The molecule has 4 rings (SSSR count). The van der Waals surface area contributed by atoms with Crippen molar-refractivity contribution in [2.75, 3.05) is 25.7 Å². The summed E-state index contributed by atoms with van der Waals surface area (Å²) in [5.74, 6) is -0.459. The number of hydrogen-bond acceptors (Lipinski definition) is 4. The van der Waals surface area contributed by atoms with Crippen LogP contribution in [0.5, 0.6) is 0 Å². The molecular weight excluding hydrogens is 314 g/mol. The Morgan fingerprint density at radius 1 is 0.840 bits per heavy atom. The zero-order chi connectivity index (χ0) is 17.6. The molecule has 2 aliphatic rings. The minimum atomic E-state index is -0.238. The number of para-hydroxylation sites is 1. The van der Waals surface area contributed by atoms with Gasteiger partial charge >= 0.3 is 0 Å². The highest BCUT2D eigenvalue weighted by Crippen LogP contribution is 2.41. The molecule has 2 heterocycles. The molecular formula is C20H19N3O2. The number of carbonyl (C=O) groups is 2. The third kappa shape index (κ3) is 2.36. The van der Waals surface area contributed by atoms with E-state index in [1.54, 1.807) is 7.05 Å². The summed E-state index contributed by atoms with van der Waals surface area (Å²) >= 11 is 0. The highest BCUT2D eigenvalue weighted by atomic mass is 16.2. The van der Waals surface area contributed by atoms with Crippen LogP contribution < -0.4 is 4.90 Å². The quantitative estimate of drug-likeness (QED) is 0.792. The molecule has 0 aliphatic carbocycles. The van der Waals surface area contributed by atoms with Crippen LogP contribution >= 0.6 is 0 Å². The molecule has 25 heavy (non-hydrogen) atoms. The van der Waals surface area contributed by atoms with Crippen LogP contribution in [0.2, 0.25) is 0 Å². The fourth-order valence-electron chi connectivity index (χ4n) is 3.63. The molecule has 2 aliphatic heterocycles. The molecule has 1 atom stereocenters. The van der Waals surface area contributed by atoms with Crippen molar-refractivity contribution >= 4 is 17.5 Å². The van der Waals surface area contributed by atoms with E-state index >= 15 is 0 Å². The van der Waals surface area contributed by atoms with Gasteiger partial charge in [0.1, 0.15) is 5.70 Å². The molecule has 1 unspecified atom stereocenters. The number of hydrogen-bond donors (Lipinski definition) is 0. The predicted octanol–water partition coefficient (Wildman–Crippen LogP) is 2.39. The molecule has 0 bridgehead atoms. The molecule has 126 valence electrons. The van der Waals surface area contributed by atoms with Crippen molar-refractivity contribution in [3.05, 3.63) is 77.5 Å². The van der Waals surface area contributed by atoms with Crippen molar-refractivity contribution in [2.45, 2.75) is 6.04 Å². The molecule has 0 N–H and O–H groups in total. The first-order chi connectivity index (χ1) is 12.1. The van der Waals surface area contributed by atoms with Crippen LogP contribution in [0.4, 0.5) is 5.69 Å². The Morgan fingerprint density at radius 2 is 1.44 bits per heavy atom. The lowest BCUT2D eigenvalue weighted by Crippen LogP contribution is -2.44. The maximum Gasteiger partial charge on any atom is 0.277 e. The summed E-state index contributed by atoms with van der Waals surface area (Å²) in [6, 6.07) is 19.4. The Balaban J connectivity index is 1.90. The van der Waals surface area contributed by atoms with E-state index in [0.29, 0.717) is 17.9 Å². The number of imide groups is 1. The van der Waals surface area contributed by atoms with Gasteiger partial charge in [-0.25, -0.2) is 0 Å². The summed E-state index contributed by atoms with van der Waals surface area (Å²) in [6.07, 6.45) is 0. The van der Waals surface area contributed by atoms with Gasteiger partial charge in [0, 0.05) is 12.7 Å². The predicted molar refractivity (Wildman–Crippen MR) is 95.5 cm³/mol. The number of carbonyl (C=O) groups excluding carboxylic acids is 2. The Labute approximate surface area is 146 Å². The van der Waals surface area contributed by atoms with Crippen molar-refractivity contribution in [3.63, 3.8) is 0 Å². The third-order valence-electron chi connectivity index (χ3n) is 4.83. The molecule has 2 aromatic carbocycles. The van der Waals surface area contributed by atoms with E-state index in [1.807, 2.05) is 72.6 Å². The molecule has 0 radical (unpaired) electrons. The lowest BCUT2D eigenvalue weighted by atomic mass is 9.94. The summed E-state index contributed by atoms with van der Waals surface area (Å²) in [7, 11) is 3.53. The van der Waals surface area contributed by atoms with Gasteiger partial charge < -0.3 is 4.90 Å². The highest BCUT2D eigenvalue weighted by Gasteiger charge is 2.47. The minimum Gasteiger partial charge on any atom is -0.323 e. The van der Waals surface area contributed by atoms with Gasteiger partial charge in [-0.3, -0.25) is 19.4 Å². The number of anilines is 1. The summed E-state index contributed by atoms with van der Waals surface area (Å²) in [5.41, 5.74) is 2.97. The number of amides is 2. The second-order valence-corrected chi connectivity index (χ2v) is 6.41. The normalized spacial score (nSPS) is 21.1. The fourth-order valence-corrected chi connectivity index (χ4v) is 3.63. The van der Waals surface area contributed by atoms with E-state index in [9.17, 15) is 9.59 Å². The van der Waals surface area contributed by atoms with Crippen molar-refractivity contribution in [1.29, 1.82) is 0 Å². The van der Waals surface area contributed by atoms with E-state index in [-0.39, 0.29) is 17.9 Å². The smallest absolute Gasteiger partial charge is 0.277 e. The standard InChI is InChI=1S/C20H19N3O2/c1-21-13-23(15-11-7-4-8-12-15)18-16(19(24)22(2)20(18)25)17(21)14-9-5-3-6-10-14/h3-12,17H,13H2,1-2H3. The molecule has 2 aromatic rings. The van der Waals surface area contributed by atoms with E-state index in [0.717, 1.165) is 11.3 Å². The van der Waals surface area contributed by atoms with E-state index in [4.69, 9.17) is 0 Å². The van der Waals surface area contributed by atoms with Crippen LogP contribution in [-0.4, -0.2) is 42.4 Å². The second-order valence-electron chi connectivity index (χ2n) is 6.41. The molecule has 5 nitrogen and oxygen atoms in total. The first kappa shape index (κ1) is 15.6. The Hall–Kier alpha value is -2.92. The van der Waals surface area contributed by atoms with Gasteiger partial charge in [0.05, 0.1) is 18.3 Å². The third-order valence-corrected chi connectivity index (χ3v) is 4.83.